The number of carbonyl (C=O) groups is 5. The molecule has 3 amide bonds. The maximum atomic E-state index is 14.3. The molecule has 20 heteroatoms. The van der Waals surface area contributed by atoms with Crippen molar-refractivity contribution in [2.24, 2.45) is 5.16 Å². The Morgan fingerprint density at radius 1 is 0.849 bits per heavy atom. The SMILES string of the molecule is COc1ccc(COC(=O)C2=C(/C=C\c3ccc(C[n+]4ccc(-c5ccc(O)c(O)c5)cc4)cc3)CS[C@@H]3[C@H](NC(=O)/C(=N\OC(C)(C)C(=O)OC(C)(C)C)c4csc(NC(=O)OC(C)(C)C)n4)C(=O)N23)cc1. The number of rotatable bonds is 16. The average molecular weight is 1030 g/mol. The summed E-state index contributed by atoms with van der Waals surface area (Å²) in [6.45, 7) is 13.5. The van der Waals surface area contributed by atoms with Crippen molar-refractivity contribution in [3.63, 3.8) is 0 Å². The number of ether oxygens (including phenoxy) is 4. The zero-order chi connectivity index (χ0) is 52.8. The van der Waals surface area contributed by atoms with Crippen molar-refractivity contribution in [3.05, 3.63) is 136 Å². The lowest BCUT2D eigenvalue weighted by molar-refractivity contribution is -0.688. The molecule has 2 atom stereocenters. The Bertz CT molecular complexity index is 2970. The molecule has 0 unspecified atom stereocenters. The third-order valence-electron chi connectivity index (χ3n) is 10.9. The van der Waals surface area contributed by atoms with E-state index >= 15 is 0 Å². The molecular formula is C53H57N6O12S2+. The Balaban J connectivity index is 1.10. The van der Waals surface area contributed by atoms with Crippen LogP contribution in [0.1, 0.15) is 77.8 Å². The van der Waals surface area contributed by atoms with Gasteiger partial charge in [-0.05, 0) is 107 Å². The van der Waals surface area contributed by atoms with Crippen molar-refractivity contribution in [2.45, 2.75) is 96.8 Å². The summed E-state index contributed by atoms with van der Waals surface area (Å²) in [6.07, 6.45) is 6.69. The van der Waals surface area contributed by atoms with Crippen LogP contribution in [0.15, 0.2) is 119 Å². The van der Waals surface area contributed by atoms with Gasteiger partial charge in [0, 0.05) is 28.8 Å². The number of benzene rings is 3. The molecule has 4 N–H and O–H groups in total. The Morgan fingerprint density at radius 3 is 2.16 bits per heavy atom. The van der Waals surface area contributed by atoms with Crippen LogP contribution in [0.3, 0.4) is 0 Å². The second-order valence-corrected chi connectivity index (χ2v) is 21.4. The summed E-state index contributed by atoms with van der Waals surface area (Å²) in [6, 6.07) is 22.3. The highest BCUT2D eigenvalue weighted by molar-refractivity contribution is 8.00. The van der Waals surface area contributed by atoms with Gasteiger partial charge in [-0.25, -0.2) is 23.9 Å². The number of fused-ring (bicyclic) bond motifs is 1. The van der Waals surface area contributed by atoms with E-state index in [-0.39, 0.29) is 40.4 Å². The van der Waals surface area contributed by atoms with Crippen molar-refractivity contribution in [3.8, 4) is 28.4 Å². The number of β-lactam (4-membered cyclic amide) rings is 1. The molecule has 2 aliphatic heterocycles. The number of aromatic hydroxyl groups is 2. The van der Waals surface area contributed by atoms with Gasteiger partial charge in [-0.3, -0.25) is 19.8 Å². The number of hydrogen-bond donors (Lipinski definition) is 4. The molecule has 4 heterocycles. The van der Waals surface area contributed by atoms with Crippen LogP contribution >= 0.6 is 23.1 Å². The Kier molecular flexibility index (Phi) is 16.0. The van der Waals surface area contributed by atoms with E-state index < -0.39 is 63.8 Å². The van der Waals surface area contributed by atoms with Crippen LogP contribution in [-0.4, -0.2) is 96.7 Å². The van der Waals surface area contributed by atoms with Gasteiger partial charge in [0.2, 0.25) is 5.60 Å². The molecule has 3 aromatic carbocycles. The predicted octanol–water partition coefficient (Wildman–Crippen LogP) is 7.86. The number of esters is 2. The van der Waals surface area contributed by atoms with Gasteiger partial charge < -0.3 is 39.3 Å². The number of anilines is 1. The van der Waals surface area contributed by atoms with Gasteiger partial charge in [-0.2, -0.15) is 0 Å². The highest BCUT2D eigenvalue weighted by Gasteiger charge is 2.54. The number of pyridine rings is 1. The number of methoxy groups -OCH3 is 1. The molecule has 73 heavy (non-hydrogen) atoms. The third kappa shape index (κ3) is 13.6. The van der Waals surface area contributed by atoms with E-state index in [0.29, 0.717) is 23.4 Å². The van der Waals surface area contributed by atoms with Gasteiger partial charge in [0.05, 0.1) is 7.11 Å². The topological polar surface area (TPSA) is 228 Å². The minimum absolute atomic E-state index is 0.0247. The molecule has 0 radical (unpaired) electrons. The quantitative estimate of drug-likeness (QED) is 0.0140. The fraction of sp³-hybridized carbons (Fsp3) is 0.321. The number of hydrogen-bond acceptors (Lipinski definition) is 16. The lowest BCUT2D eigenvalue weighted by atomic mass is 10.0. The van der Waals surface area contributed by atoms with Crippen molar-refractivity contribution in [1.29, 1.82) is 0 Å². The molecule has 0 spiro atoms. The van der Waals surface area contributed by atoms with Gasteiger partial charge in [-0.1, -0.05) is 59.8 Å². The van der Waals surface area contributed by atoms with E-state index in [0.717, 1.165) is 33.6 Å². The number of oxime groups is 1. The number of aromatic nitrogens is 2. The van der Waals surface area contributed by atoms with Crippen LogP contribution in [0.5, 0.6) is 17.2 Å². The van der Waals surface area contributed by atoms with Gasteiger partial charge in [0.1, 0.15) is 46.4 Å². The van der Waals surface area contributed by atoms with Gasteiger partial charge in [0.25, 0.3) is 11.8 Å². The number of thiazole rings is 1. The minimum atomic E-state index is -1.68. The first kappa shape index (κ1) is 53.1. The maximum Gasteiger partial charge on any atom is 0.413 e. The van der Waals surface area contributed by atoms with Crippen LogP contribution in [0, 0.1) is 0 Å². The summed E-state index contributed by atoms with van der Waals surface area (Å²) in [7, 11) is 1.55. The minimum Gasteiger partial charge on any atom is -0.504 e. The van der Waals surface area contributed by atoms with E-state index in [1.165, 1.54) is 48.0 Å². The number of nitrogens with one attached hydrogen (secondary N) is 2. The van der Waals surface area contributed by atoms with Crippen molar-refractivity contribution >= 4 is 69.9 Å². The van der Waals surface area contributed by atoms with Gasteiger partial charge in [-0.15, -0.1) is 23.1 Å². The number of nitrogens with zero attached hydrogens (tertiary/aromatic N) is 4. The summed E-state index contributed by atoms with van der Waals surface area (Å²) in [5.74, 6) is -2.46. The van der Waals surface area contributed by atoms with E-state index in [1.807, 2.05) is 59.4 Å². The molecule has 7 rings (SSSR count). The van der Waals surface area contributed by atoms with Crippen molar-refractivity contribution < 1.29 is 62.5 Å². The normalized spacial score (nSPS) is 16.0. The first-order valence-corrected chi connectivity index (χ1v) is 24.9. The number of allylic oxidation sites excluding steroid dienone is 1. The molecule has 2 aromatic heterocycles. The lowest BCUT2D eigenvalue weighted by Crippen LogP contribution is -2.71. The van der Waals surface area contributed by atoms with Crippen LogP contribution in [0.25, 0.3) is 17.2 Å². The van der Waals surface area contributed by atoms with Crippen LogP contribution < -0.4 is 19.9 Å². The molecule has 18 nitrogen and oxygen atoms in total. The predicted molar refractivity (Wildman–Crippen MR) is 274 cm³/mol. The molecule has 0 saturated carbocycles. The first-order valence-electron chi connectivity index (χ1n) is 23.0. The summed E-state index contributed by atoms with van der Waals surface area (Å²) in [5.41, 5.74) is 0.944. The van der Waals surface area contributed by atoms with Gasteiger partial charge >= 0.3 is 18.0 Å². The summed E-state index contributed by atoms with van der Waals surface area (Å²) < 4.78 is 23.9. The third-order valence-corrected chi connectivity index (χ3v) is 12.9. The fourth-order valence-electron chi connectivity index (χ4n) is 7.14. The molecule has 0 bridgehead atoms. The average Bonchev–Trinajstić information content (AvgIpc) is 3.79. The second-order valence-electron chi connectivity index (χ2n) is 19.4. The molecule has 2 aliphatic rings. The Labute approximate surface area is 430 Å². The van der Waals surface area contributed by atoms with Crippen LogP contribution in [-0.2, 0) is 51.4 Å². The monoisotopic (exact) mass is 1030 g/mol. The summed E-state index contributed by atoms with van der Waals surface area (Å²) in [5, 5.41) is 29.7. The number of thioether (sulfide) groups is 1. The summed E-state index contributed by atoms with van der Waals surface area (Å²) >= 11 is 2.30. The van der Waals surface area contributed by atoms with Crippen LogP contribution in [0.2, 0.25) is 0 Å². The van der Waals surface area contributed by atoms with E-state index in [4.69, 9.17) is 23.8 Å². The van der Waals surface area contributed by atoms with E-state index in [9.17, 15) is 34.2 Å². The Hall–Kier alpha value is -7.71. The summed E-state index contributed by atoms with van der Waals surface area (Å²) in [4.78, 5) is 79.6. The first-order chi connectivity index (χ1) is 34.5. The zero-order valence-corrected chi connectivity index (χ0v) is 43.4. The molecule has 382 valence electrons. The number of phenols is 2. The highest BCUT2D eigenvalue weighted by atomic mass is 32.2. The largest absolute Gasteiger partial charge is 0.504 e. The van der Waals surface area contributed by atoms with E-state index in [1.54, 1.807) is 85.1 Å². The number of carbonyl (C=O) groups excluding carboxylic acids is 5. The van der Waals surface area contributed by atoms with Crippen molar-refractivity contribution in [1.82, 2.24) is 15.2 Å². The lowest BCUT2D eigenvalue weighted by Gasteiger charge is -2.49. The maximum absolute atomic E-state index is 14.3. The number of phenolic OH excluding ortho intramolecular Hbond substituents is 2. The van der Waals surface area contributed by atoms with Crippen LogP contribution in [0.4, 0.5) is 9.93 Å². The molecule has 1 saturated heterocycles. The molecular weight excluding hydrogens is 977 g/mol. The molecule has 1 fully saturated rings. The zero-order valence-electron chi connectivity index (χ0n) is 41.8. The standard InChI is InChI=1S/C53H56N6O12S2/c1-51(2,3)69-48(65)53(7,8)71-57-41(38-30-73-49(54-38)56-50(66)70-52(4,5)6)44(62)55-42-45(63)59-43(47(64)68-28-33-15-19-37(67-9)20-16-33)36(29-72-46(42)59)17-14-31-10-12-32(13-11-31)27-58-24-22-34(23-25-58)35-18-21-39(60)40(61)26-35/h10-26,30,42,46H,27-29H2,1-9H3,(H3,54,55,56,61,62,66)/p+1/b17-14-,57-41-/t42-,46-/m1/s1. The molecule has 5 aromatic rings. The highest BCUT2D eigenvalue weighted by Crippen LogP contribution is 2.41. The van der Waals surface area contributed by atoms with E-state index in [2.05, 4.69) is 20.8 Å². The van der Waals surface area contributed by atoms with Gasteiger partial charge in [0.15, 0.2) is 41.3 Å². The second kappa shape index (κ2) is 22.0. The Morgan fingerprint density at radius 2 is 1.52 bits per heavy atom. The fourth-order valence-corrected chi connectivity index (χ4v) is 9.14. The smallest absolute Gasteiger partial charge is 0.413 e. The number of amides is 3. The van der Waals surface area contributed by atoms with Crippen molar-refractivity contribution in [2.75, 3.05) is 18.2 Å². The molecule has 0 aliphatic carbocycles.